The van der Waals surface area contributed by atoms with E-state index in [4.69, 9.17) is 0 Å². The summed E-state index contributed by atoms with van der Waals surface area (Å²) in [4.78, 5) is 49.5. The van der Waals surface area contributed by atoms with Crippen molar-refractivity contribution in [3.63, 3.8) is 0 Å². The first-order chi connectivity index (χ1) is 17.4. The van der Waals surface area contributed by atoms with Gasteiger partial charge >= 0.3 is 6.03 Å². The minimum atomic E-state index is -1.22. The van der Waals surface area contributed by atoms with E-state index in [-0.39, 0.29) is 12.5 Å². The molecule has 4 aromatic rings. The number of urea groups is 1. The van der Waals surface area contributed by atoms with Gasteiger partial charge in [-0.1, -0.05) is 42.5 Å². The molecule has 0 spiro atoms. The number of imide groups is 1. The van der Waals surface area contributed by atoms with Crippen molar-refractivity contribution in [2.75, 3.05) is 19.6 Å². The number of H-pyrrole nitrogens is 1. The number of amides is 4. The maximum Gasteiger partial charge on any atom is 0.325 e. The van der Waals surface area contributed by atoms with E-state index in [0.29, 0.717) is 25.1 Å². The molecule has 2 aliphatic heterocycles. The highest BCUT2D eigenvalue weighted by Gasteiger charge is 2.49. The number of rotatable bonds is 4. The van der Waals surface area contributed by atoms with E-state index in [1.54, 1.807) is 18.0 Å². The van der Waals surface area contributed by atoms with E-state index in [1.807, 2.05) is 66.9 Å². The zero-order chi connectivity index (χ0) is 24.9. The highest BCUT2D eigenvalue weighted by Crippen LogP contribution is 2.32. The predicted molar refractivity (Wildman–Crippen MR) is 137 cm³/mol. The number of carbonyl (C=O) groups is 3. The Morgan fingerprint density at radius 3 is 2.72 bits per heavy atom. The standard InChI is InChI=1S/C28H25N5O3/c1-28(21-9-8-18-5-2-3-6-20(18)15-21)26(35)33(27(36)31-28)17-24(34)32-13-10-19(11-14-32)23-16-30-25-22(23)7-4-12-29-25/h2-10,12,15-16H,11,13-14,17H2,1H3,(H,29,30)(H,31,36). The number of nitrogens with one attached hydrogen (secondary N) is 2. The van der Waals surface area contributed by atoms with Crippen LogP contribution >= 0.6 is 0 Å². The second-order valence-corrected chi connectivity index (χ2v) is 9.43. The van der Waals surface area contributed by atoms with Gasteiger partial charge in [-0.3, -0.25) is 14.5 Å². The van der Waals surface area contributed by atoms with Gasteiger partial charge in [-0.25, -0.2) is 9.78 Å². The Kier molecular flexibility index (Phi) is 5.10. The number of aromatic nitrogens is 2. The van der Waals surface area contributed by atoms with Crippen LogP contribution in [0.4, 0.5) is 4.79 Å². The van der Waals surface area contributed by atoms with Crippen LogP contribution < -0.4 is 5.32 Å². The summed E-state index contributed by atoms with van der Waals surface area (Å²) in [6.45, 7) is 2.34. The average Bonchev–Trinajstić information content (AvgIpc) is 3.43. The molecule has 0 saturated carbocycles. The Morgan fingerprint density at radius 2 is 1.92 bits per heavy atom. The van der Waals surface area contributed by atoms with Crippen LogP contribution in [0.5, 0.6) is 0 Å². The Morgan fingerprint density at radius 1 is 1.08 bits per heavy atom. The quantitative estimate of drug-likeness (QED) is 0.435. The number of fused-ring (bicyclic) bond motifs is 2. The van der Waals surface area contributed by atoms with Gasteiger partial charge in [-0.15, -0.1) is 0 Å². The molecule has 1 atom stereocenters. The lowest BCUT2D eigenvalue weighted by atomic mass is 9.90. The SMILES string of the molecule is CC1(c2ccc3ccccc3c2)NC(=O)N(CC(=O)N2CC=C(c3c[nH]c4ncccc34)CC2)C1=O. The molecule has 6 rings (SSSR count). The third-order valence-electron chi connectivity index (χ3n) is 7.25. The van der Waals surface area contributed by atoms with E-state index in [9.17, 15) is 14.4 Å². The zero-order valence-corrected chi connectivity index (χ0v) is 19.8. The number of aromatic amines is 1. The van der Waals surface area contributed by atoms with Gasteiger partial charge in [0.05, 0.1) is 0 Å². The van der Waals surface area contributed by atoms with E-state index in [0.717, 1.165) is 37.8 Å². The van der Waals surface area contributed by atoms with Crippen molar-refractivity contribution >= 4 is 45.2 Å². The topological polar surface area (TPSA) is 98.4 Å². The molecule has 0 radical (unpaired) electrons. The van der Waals surface area contributed by atoms with Crippen LogP contribution in [0, 0.1) is 0 Å². The highest BCUT2D eigenvalue weighted by atomic mass is 16.2. The minimum Gasteiger partial charge on any atom is -0.346 e. The fraction of sp³-hybridized carbons (Fsp3) is 0.214. The molecule has 2 aliphatic rings. The van der Waals surface area contributed by atoms with Crippen molar-refractivity contribution in [3.05, 3.63) is 84.2 Å². The molecule has 1 saturated heterocycles. The Labute approximate surface area is 207 Å². The van der Waals surface area contributed by atoms with Gasteiger partial charge in [0.1, 0.15) is 17.7 Å². The first-order valence-corrected chi connectivity index (χ1v) is 12.0. The van der Waals surface area contributed by atoms with Crippen molar-refractivity contribution in [3.8, 4) is 0 Å². The number of benzene rings is 2. The van der Waals surface area contributed by atoms with Crippen LogP contribution in [0.2, 0.25) is 0 Å². The van der Waals surface area contributed by atoms with E-state index >= 15 is 0 Å². The number of hydrogen-bond acceptors (Lipinski definition) is 4. The average molecular weight is 480 g/mol. The maximum absolute atomic E-state index is 13.4. The fourth-order valence-electron chi connectivity index (χ4n) is 5.13. The molecule has 4 heterocycles. The van der Waals surface area contributed by atoms with Gasteiger partial charge in [0.25, 0.3) is 5.91 Å². The van der Waals surface area contributed by atoms with Gasteiger partial charge in [0.2, 0.25) is 5.91 Å². The van der Waals surface area contributed by atoms with Crippen molar-refractivity contribution in [2.24, 2.45) is 0 Å². The minimum absolute atomic E-state index is 0.253. The first-order valence-electron chi connectivity index (χ1n) is 12.0. The van der Waals surface area contributed by atoms with Gasteiger partial charge < -0.3 is 15.2 Å². The predicted octanol–water partition coefficient (Wildman–Crippen LogP) is 3.80. The van der Waals surface area contributed by atoms with Crippen molar-refractivity contribution in [1.82, 2.24) is 25.1 Å². The number of pyridine rings is 1. The fourth-order valence-corrected chi connectivity index (χ4v) is 5.13. The molecule has 2 aromatic carbocycles. The summed E-state index contributed by atoms with van der Waals surface area (Å²) in [6.07, 6.45) is 6.41. The third kappa shape index (κ3) is 3.53. The number of nitrogens with zero attached hydrogens (tertiary/aromatic N) is 3. The molecule has 8 heteroatoms. The van der Waals surface area contributed by atoms with Gasteiger partial charge in [0, 0.05) is 36.4 Å². The monoisotopic (exact) mass is 479 g/mol. The normalized spacial score (nSPS) is 20.2. The number of carbonyl (C=O) groups excluding carboxylic acids is 3. The Balaban J connectivity index is 1.17. The molecule has 2 N–H and O–H groups in total. The van der Waals surface area contributed by atoms with Crippen LogP contribution in [0.25, 0.3) is 27.4 Å². The van der Waals surface area contributed by atoms with Gasteiger partial charge in [0.15, 0.2) is 0 Å². The lowest BCUT2D eigenvalue weighted by molar-refractivity contribution is -0.138. The summed E-state index contributed by atoms with van der Waals surface area (Å²) in [6, 6.07) is 16.9. The second-order valence-electron chi connectivity index (χ2n) is 9.43. The van der Waals surface area contributed by atoms with E-state index in [1.165, 1.54) is 0 Å². The summed E-state index contributed by atoms with van der Waals surface area (Å²) in [5.74, 6) is -0.673. The molecule has 180 valence electrons. The molecule has 0 bridgehead atoms. The lowest BCUT2D eigenvalue weighted by Gasteiger charge is -2.28. The molecule has 0 aliphatic carbocycles. The van der Waals surface area contributed by atoms with Crippen LogP contribution in [0.3, 0.4) is 0 Å². The molecule has 2 aromatic heterocycles. The molecular formula is C28H25N5O3. The highest BCUT2D eigenvalue weighted by molar-refractivity contribution is 6.09. The molecule has 8 nitrogen and oxygen atoms in total. The van der Waals surface area contributed by atoms with Crippen LogP contribution in [0.15, 0.2) is 73.1 Å². The number of hydrogen-bond donors (Lipinski definition) is 2. The summed E-state index contributed by atoms with van der Waals surface area (Å²) >= 11 is 0. The Hall–Kier alpha value is -4.46. The van der Waals surface area contributed by atoms with Crippen LogP contribution in [-0.2, 0) is 15.1 Å². The molecule has 1 unspecified atom stereocenters. The summed E-state index contributed by atoms with van der Waals surface area (Å²) in [5.41, 5.74) is 2.54. The molecular weight excluding hydrogens is 454 g/mol. The van der Waals surface area contributed by atoms with Gasteiger partial charge in [-0.2, -0.15) is 0 Å². The second kappa shape index (κ2) is 8.34. The lowest BCUT2D eigenvalue weighted by Crippen LogP contribution is -2.45. The Bertz CT molecular complexity index is 1570. The molecule has 4 amide bonds. The van der Waals surface area contributed by atoms with Crippen LogP contribution in [0.1, 0.15) is 24.5 Å². The third-order valence-corrected chi connectivity index (χ3v) is 7.25. The smallest absolute Gasteiger partial charge is 0.325 e. The van der Waals surface area contributed by atoms with Crippen LogP contribution in [-0.4, -0.2) is 57.2 Å². The largest absolute Gasteiger partial charge is 0.346 e. The molecule has 36 heavy (non-hydrogen) atoms. The van der Waals surface area contributed by atoms with Gasteiger partial charge in [-0.05, 0) is 53.5 Å². The summed E-state index contributed by atoms with van der Waals surface area (Å²) < 4.78 is 0. The zero-order valence-electron chi connectivity index (χ0n) is 19.8. The molecule has 1 fully saturated rings. The summed E-state index contributed by atoms with van der Waals surface area (Å²) in [5, 5.41) is 5.89. The van der Waals surface area contributed by atoms with Crippen molar-refractivity contribution < 1.29 is 14.4 Å². The summed E-state index contributed by atoms with van der Waals surface area (Å²) in [7, 11) is 0. The maximum atomic E-state index is 13.4. The van der Waals surface area contributed by atoms with E-state index < -0.39 is 17.5 Å². The van der Waals surface area contributed by atoms with Crippen molar-refractivity contribution in [1.29, 1.82) is 0 Å². The first kappa shape index (κ1) is 22.0. The van der Waals surface area contributed by atoms with Crippen molar-refractivity contribution in [2.45, 2.75) is 18.9 Å². The van der Waals surface area contributed by atoms with E-state index in [2.05, 4.69) is 15.3 Å².